The van der Waals surface area contributed by atoms with E-state index in [-0.39, 0.29) is 16.7 Å². The largest absolute Gasteiger partial charge is 0.446 e. The standard InChI is InChI=1S/C19H18F3N7S/c20-19(21,22)30-11-1-2-13-14(9-11)28-17(27-13)18(23)4-7-29(8-5-18)16-12-3-6-24-15(12)25-10-26-16/h1-3,6,9-10H,4-5,7-8,23H2,(H,27,28)(H,24,25,26). The quantitative estimate of drug-likeness (QED) is 0.424. The number of hydrogen-bond acceptors (Lipinski definition) is 6. The van der Waals surface area contributed by atoms with E-state index in [2.05, 4.69) is 29.8 Å². The Balaban J connectivity index is 1.37. The third-order valence-electron chi connectivity index (χ3n) is 5.45. The lowest BCUT2D eigenvalue weighted by molar-refractivity contribution is -0.0328. The lowest BCUT2D eigenvalue weighted by Gasteiger charge is -2.38. The van der Waals surface area contributed by atoms with Crippen LogP contribution in [-0.4, -0.2) is 43.5 Å². The van der Waals surface area contributed by atoms with Gasteiger partial charge in [-0.15, -0.1) is 0 Å². The highest BCUT2D eigenvalue weighted by molar-refractivity contribution is 8.00. The van der Waals surface area contributed by atoms with Crippen molar-refractivity contribution in [2.75, 3.05) is 18.0 Å². The molecule has 30 heavy (non-hydrogen) atoms. The van der Waals surface area contributed by atoms with Gasteiger partial charge in [-0.3, -0.25) is 0 Å². The van der Waals surface area contributed by atoms with E-state index in [9.17, 15) is 13.2 Å². The summed E-state index contributed by atoms with van der Waals surface area (Å²) in [7, 11) is 0. The number of aromatic amines is 2. The minimum atomic E-state index is -4.33. The fourth-order valence-corrected chi connectivity index (χ4v) is 4.47. The molecule has 0 atom stereocenters. The molecule has 7 nitrogen and oxygen atoms in total. The van der Waals surface area contributed by atoms with Crippen LogP contribution in [0.25, 0.3) is 22.1 Å². The van der Waals surface area contributed by atoms with Gasteiger partial charge in [-0.1, -0.05) is 0 Å². The topological polar surface area (TPSA) is 99.5 Å². The fourth-order valence-electron chi connectivity index (χ4n) is 3.89. The molecule has 1 aliphatic heterocycles. The molecule has 156 valence electrons. The van der Waals surface area contributed by atoms with E-state index in [0.29, 0.717) is 42.8 Å². The second-order valence-corrected chi connectivity index (χ2v) is 8.53. The van der Waals surface area contributed by atoms with Crippen LogP contribution in [0.4, 0.5) is 19.0 Å². The van der Waals surface area contributed by atoms with Crippen LogP contribution in [0.3, 0.4) is 0 Å². The first-order chi connectivity index (χ1) is 14.3. The van der Waals surface area contributed by atoms with E-state index in [1.807, 2.05) is 12.3 Å². The van der Waals surface area contributed by atoms with Crippen LogP contribution >= 0.6 is 11.8 Å². The van der Waals surface area contributed by atoms with E-state index in [4.69, 9.17) is 5.73 Å². The number of fused-ring (bicyclic) bond motifs is 2. The van der Waals surface area contributed by atoms with Gasteiger partial charge in [0.15, 0.2) is 0 Å². The molecule has 11 heteroatoms. The summed E-state index contributed by atoms with van der Waals surface area (Å²) < 4.78 is 38.0. The van der Waals surface area contributed by atoms with Gasteiger partial charge >= 0.3 is 5.51 Å². The van der Waals surface area contributed by atoms with Crippen molar-refractivity contribution in [3.8, 4) is 0 Å². The third kappa shape index (κ3) is 3.47. The van der Waals surface area contributed by atoms with E-state index >= 15 is 0 Å². The Labute approximate surface area is 173 Å². The van der Waals surface area contributed by atoms with Crippen LogP contribution in [0, 0.1) is 0 Å². The van der Waals surface area contributed by atoms with Crippen molar-refractivity contribution in [3.05, 3.63) is 42.6 Å². The van der Waals surface area contributed by atoms with Crippen LogP contribution in [0.5, 0.6) is 0 Å². The zero-order chi connectivity index (χ0) is 20.9. The van der Waals surface area contributed by atoms with Crippen LogP contribution in [0.15, 0.2) is 41.7 Å². The molecule has 4 N–H and O–H groups in total. The van der Waals surface area contributed by atoms with E-state index in [1.54, 1.807) is 6.07 Å². The number of benzene rings is 1. The van der Waals surface area contributed by atoms with Crippen LogP contribution in [0.1, 0.15) is 18.7 Å². The van der Waals surface area contributed by atoms with Gasteiger partial charge in [0.05, 0.1) is 22.0 Å². The Morgan fingerprint density at radius 2 is 1.93 bits per heavy atom. The minimum absolute atomic E-state index is 0.116. The van der Waals surface area contributed by atoms with E-state index in [0.717, 1.165) is 16.9 Å². The summed E-state index contributed by atoms with van der Waals surface area (Å²) in [5.41, 5.74) is 3.60. The average Bonchev–Trinajstić information content (AvgIpc) is 3.34. The lowest BCUT2D eigenvalue weighted by Crippen LogP contribution is -2.49. The molecule has 0 bridgehead atoms. The molecule has 1 aliphatic rings. The van der Waals surface area contributed by atoms with Gasteiger partial charge in [0, 0.05) is 24.2 Å². The molecular weight excluding hydrogens is 415 g/mol. The number of nitrogens with two attached hydrogens (primary N) is 1. The first-order valence-corrected chi connectivity index (χ1v) is 10.2. The van der Waals surface area contributed by atoms with Crippen LogP contribution in [0.2, 0.25) is 0 Å². The van der Waals surface area contributed by atoms with Crippen molar-refractivity contribution in [1.29, 1.82) is 0 Å². The maximum atomic E-state index is 12.7. The summed E-state index contributed by atoms with van der Waals surface area (Å²) in [4.78, 5) is 21.7. The highest BCUT2D eigenvalue weighted by Crippen LogP contribution is 2.38. The summed E-state index contributed by atoms with van der Waals surface area (Å²) in [5.74, 6) is 1.46. The molecule has 4 aromatic rings. The summed E-state index contributed by atoms with van der Waals surface area (Å²) in [6.45, 7) is 1.36. The first-order valence-electron chi connectivity index (χ1n) is 9.39. The van der Waals surface area contributed by atoms with Gasteiger partial charge in [-0.25, -0.2) is 15.0 Å². The summed E-state index contributed by atoms with van der Waals surface area (Å²) >= 11 is -0.141. The summed E-state index contributed by atoms with van der Waals surface area (Å²) in [6.07, 6.45) is 4.63. The molecule has 0 radical (unpaired) electrons. The van der Waals surface area contributed by atoms with Gasteiger partial charge in [-0.05, 0) is 48.9 Å². The van der Waals surface area contributed by atoms with Crippen molar-refractivity contribution in [1.82, 2.24) is 24.9 Å². The number of hydrogen-bond donors (Lipinski definition) is 3. The molecule has 0 unspecified atom stereocenters. The molecular formula is C19H18F3N7S. The molecule has 0 aliphatic carbocycles. The molecule has 3 aromatic heterocycles. The third-order valence-corrected chi connectivity index (χ3v) is 6.17. The summed E-state index contributed by atoms with van der Waals surface area (Å²) in [5, 5.41) is 0.959. The molecule has 1 fully saturated rings. The van der Waals surface area contributed by atoms with Crippen molar-refractivity contribution < 1.29 is 13.2 Å². The Morgan fingerprint density at radius 3 is 2.70 bits per heavy atom. The average molecular weight is 433 g/mol. The van der Waals surface area contributed by atoms with Crippen LogP contribution < -0.4 is 10.6 Å². The molecule has 4 heterocycles. The zero-order valence-electron chi connectivity index (χ0n) is 15.7. The molecule has 0 saturated carbocycles. The van der Waals surface area contributed by atoms with Crippen LogP contribution in [-0.2, 0) is 5.54 Å². The normalized spacial score (nSPS) is 17.1. The number of alkyl halides is 3. The predicted molar refractivity (Wildman–Crippen MR) is 109 cm³/mol. The van der Waals surface area contributed by atoms with Crippen molar-refractivity contribution in [3.63, 3.8) is 0 Å². The number of nitrogens with zero attached hydrogens (tertiary/aromatic N) is 4. The monoisotopic (exact) mass is 433 g/mol. The maximum Gasteiger partial charge on any atom is 0.446 e. The van der Waals surface area contributed by atoms with Crippen molar-refractivity contribution >= 4 is 39.6 Å². The Kier molecular flexibility index (Phi) is 4.40. The van der Waals surface area contributed by atoms with Crippen molar-refractivity contribution in [2.24, 2.45) is 5.73 Å². The number of aromatic nitrogens is 5. The fraction of sp³-hybridized carbons (Fsp3) is 0.316. The minimum Gasteiger partial charge on any atom is -0.356 e. The highest BCUT2D eigenvalue weighted by atomic mass is 32.2. The number of thioether (sulfide) groups is 1. The second-order valence-electron chi connectivity index (χ2n) is 7.39. The lowest BCUT2D eigenvalue weighted by atomic mass is 9.88. The number of imidazole rings is 1. The van der Waals surface area contributed by atoms with Gasteiger partial charge in [0.1, 0.15) is 23.6 Å². The number of H-pyrrole nitrogens is 2. The first kappa shape index (κ1) is 19.2. The second kappa shape index (κ2) is 6.88. The van der Waals surface area contributed by atoms with E-state index in [1.165, 1.54) is 18.5 Å². The maximum absolute atomic E-state index is 12.7. The van der Waals surface area contributed by atoms with Crippen molar-refractivity contribution in [2.45, 2.75) is 28.8 Å². The summed E-state index contributed by atoms with van der Waals surface area (Å²) in [6, 6.07) is 6.43. The number of anilines is 1. The number of rotatable bonds is 3. The van der Waals surface area contributed by atoms with Gasteiger partial charge in [-0.2, -0.15) is 13.2 Å². The SMILES string of the molecule is NC1(c2nc3ccc(SC(F)(F)F)cc3[nH]2)CCN(c2ncnc3[nH]ccc23)CC1. The molecule has 0 spiro atoms. The predicted octanol–water partition coefficient (Wildman–Crippen LogP) is 3.90. The number of piperidine rings is 1. The Bertz CT molecular complexity index is 1210. The van der Waals surface area contributed by atoms with Gasteiger partial charge in [0.25, 0.3) is 0 Å². The zero-order valence-corrected chi connectivity index (χ0v) is 16.5. The van der Waals surface area contributed by atoms with E-state index < -0.39 is 11.0 Å². The van der Waals surface area contributed by atoms with Gasteiger partial charge < -0.3 is 20.6 Å². The Morgan fingerprint density at radius 1 is 1.13 bits per heavy atom. The number of halogens is 3. The number of nitrogens with one attached hydrogen (secondary N) is 2. The Hall–Kier alpha value is -2.79. The van der Waals surface area contributed by atoms with Gasteiger partial charge in [0.2, 0.25) is 0 Å². The molecule has 1 saturated heterocycles. The molecule has 0 amide bonds. The molecule has 5 rings (SSSR count). The smallest absolute Gasteiger partial charge is 0.356 e. The highest BCUT2D eigenvalue weighted by Gasteiger charge is 2.36. The molecule has 1 aromatic carbocycles.